The number of halogens is 1. The molecule has 1 aliphatic heterocycles. The molecule has 1 aliphatic rings. The van der Waals surface area contributed by atoms with Gasteiger partial charge in [-0.05, 0) is 37.4 Å². The minimum Gasteiger partial charge on any atom is -0.491 e. The van der Waals surface area contributed by atoms with Crippen LogP contribution in [0.25, 0.3) is 10.8 Å². The Kier molecular flexibility index (Phi) is 5.00. The molecule has 0 saturated carbocycles. The van der Waals surface area contributed by atoms with Crippen LogP contribution in [0.4, 0.5) is 0 Å². The lowest BCUT2D eigenvalue weighted by molar-refractivity contribution is 0.208. The third-order valence-electron chi connectivity index (χ3n) is 4.07. The van der Waals surface area contributed by atoms with Crippen molar-refractivity contribution in [1.29, 1.82) is 0 Å². The topological polar surface area (TPSA) is 12.5 Å². The first-order chi connectivity index (χ1) is 10.3. The van der Waals surface area contributed by atoms with Gasteiger partial charge in [0.2, 0.25) is 0 Å². The van der Waals surface area contributed by atoms with E-state index in [0.717, 1.165) is 17.7 Å². The van der Waals surface area contributed by atoms with Crippen molar-refractivity contribution in [2.24, 2.45) is 0 Å². The zero-order chi connectivity index (χ0) is 14.5. The monoisotopic (exact) mass is 303 g/mol. The van der Waals surface area contributed by atoms with Crippen LogP contribution in [0, 0.1) is 0 Å². The molecule has 1 saturated heterocycles. The molecular weight excluding hydrogens is 282 g/mol. The largest absolute Gasteiger partial charge is 0.491 e. The second-order valence-electron chi connectivity index (χ2n) is 5.75. The number of benzene rings is 2. The maximum Gasteiger partial charge on any atom is 0.127 e. The predicted octanol–water partition coefficient (Wildman–Crippen LogP) is 4.31. The minimum atomic E-state index is 0.0436. The lowest BCUT2D eigenvalue weighted by atomic mass is 10.1. The number of fused-ring (bicyclic) bond motifs is 1. The summed E-state index contributed by atoms with van der Waals surface area (Å²) in [5.41, 5.74) is 0. The summed E-state index contributed by atoms with van der Waals surface area (Å²) < 4.78 is 5.96. The van der Waals surface area contributed by atoms with E-state index >= 15 is 0 Å². The first kappa shape index (κ1) is 14.7. The molecule has 2 aromatic carbocycles. The summed E-state index contributed by atoms with van der Waals surface area (Å²) in [5.74, 6) is 0.928. The summed E-state index contributed by atoms with van der Waals surface area (Å²) >= 11 is 6.45. The summed E-state index contributed by atoms with van der Waals surface area (Å²) in [6.45, 7) is 3.84. The van der Waals surface area contributed by atoms with Crippen molar-refractivity contribution in [3.63, 3.8) is 0 Å². The molecule has 1 unspecified atom stereocenters. The van der Waals surface area contributed by atoms with Gasteiger partial charge in [0.05, 0.1) is 5.38 Å². The fraction of sp³-hybridized carbons (Fsp3) is 0.444. The van der Waals surface area contributed by atoms with E-state index in [4.69, 9.17) is 16.3 Å². The van der Waals surface area contributed by atoms with Gasteiger partial charge in [0, 0.05) is 11.9 Å². The van der Waals surface area contributed by atoms with Gasteiger partial charge in [-0.1, -0.05) is 42.8 Å². The second kappa shape index (κ2) is 7.15. The number of nitrogens with zero attached hydrogens (tertiary/aromatic N) is 1. The van der Waals surface area contributed by atoms with E-state index in [-0.39, 0.29) is 5.38 Å². The van der Waals surface area contributed by atoms with Gasteiger partial charge in [0.25, 0.3) is 0 Å². The van der Waals surface area contributed by atoms with Gasteiger partial charge >= 0.3 is 0 Å². The number of rotatable bonds is 5. The zero-order valence-corrected chi connectivity index (χ0v) is 13.1. The van der Waals surface area contributed by atoms with Gasteiger partial charge in [0.1, 0.15) is 12.4 Å². The van der Waals surface area contributed by atoms with Crippen LogP contribution in [0.2, 0.25) is 0 Å². The Bertz CT molecular complexity index is 575. The van der Waals surface area contributed by atoms with Crippen molar-refractivity contribution in [3.8, 4) is 5.75 Å². The van der Waals surface area contributed by atoms with Crippen molar-refractivity contribution < 1.29 is 4.74 Å². The molecule has 21 heavy (non-hydrogen) atoms. The normalized spacial score (nSPS) is 17.8. The standard InChI is InChI=1S/C18H22ClNO/c19-16(13-20-11-4-1-5-12-20)14-21-18-10-6-8-15-7-2-3-9-17(15)18/h2-3,6-10,16H,1,4-5,11-14H2. The van der Waals surface area contributed by atoms with Crippen LogP contribution in [-0.2, 0) is 0 Å². The quantitative estimate of drug-likeness (QED) is 0.763. The van der Waals surface area contributed by atoms with Gasteiger partial charge in [0.15, 0.2) is 0 Å². The Morgan fingerprint density at radius 3 is 2.62 bits per heavy atom. The van der Waals surface area contributed by atoms with E-state index in [1.807, 2.05) is 24.3 Å². The summed E-state index contributed by atoms with van der Waals surface area (Å²) in [6.07, 6.45) is 3.96. The molecule has 3 rings (SSSR count). The van der Waals surface area contributed by atoms with Crippen LogP contribution < -0.4 is 4.74 Å². The van der Waals surface area contributed by atoms with E-state index < -0.39 is 0 Å². The molecule has 0 aliphatic carbocycles. The van der Waals surface area contributed by atoms with E-state index in [0.29, 0.717) is 6.61 Å². The Labute approximate surface area is 131 Å². The van der Waals surface area contributed by atoms with Gasteiger partial charge in [-0.2, -0.15) is 0 Å². The first-order valence-electron chi connectivity index (χ1n) is 7.80. The van der Waals surface area contributed by atoms with Crippen LogP contribution in [0.3, 0.4) is 0 Å². The van der Waals surface area contributed by atoms with Crippen molar-refractivity contribution in [2.75, 3.05) is 26.2 Å². The first-order valence-corrected chi connectivity index (χ1v) is 8.23. The molecular formula is C18H22ClNO. The van der Waals surface area contributed by atoms with E-state index in [9.17, 15) is 0 Å². The van der Waals surface area contributed by atoms with Crippen molar-refractivity contribution >= 4 is 22.4 Å². The highest BCUT2D eigenvalue weighted by Gasteiger charge is 2.15. The number of ether oxygens (including phenoxy) is 1. The predicted molar refractivity (Wildman–Crippen MR) is 89.4 cm³/mol. The minimum absolute atomic E-state index is 0.0436. The number of alkyl halides is 1. The number of hydrogen-bond acceptors (Lipinski definition) is 2. The van der Waals surface area contributed by atoms with Gasteiger partial charge in [-0.25, -0.2) is 0 Å². The van der Waals surface area contributed by atoms with Crippen LogP contribution in [0.15, 0.2) is 42.5 Å². The number of piperidine rings is 1. The van der Waals surface area contributed by atoms with Gasteiger partial charge in [-0.3, -0.25) is 0 Å². The summed E-state index contributed by atoms with van der Waals surface area (Å²) in [5, 5.41) is 2.40. The van der Waals surface area contributed by atoms with Crippen LogP contribution in [0.1, 0.15) is 19.3 Å². The smallest absolute Gasteiger partial charge is 0.127 e. The van der Waals surface area contributed by atoms with Crippen molar-refractivity contribution in [1.82, 2.24) is 4.90 Å². The molecule has 0 bridgehead atoms. The molecule has 0 aromatic heterocycles. The Morgan fingerprint density at radius 2 is 1.76 bits per heavy atom. The van der Waals surface area contributed by atoms with E-state index in [2.05, 4.69) is 23.1 Å². The Morgan fingerprint density at radius 1 is 1.00 bits per heavy atom. The summed E-state index contributed by atoms with van der Waals surface area (Å²) in [6, 6.07) is 14.5. The van der Waals surface area contributed by atoms with Crippen LogP contribution >= 0.6 is 11.6 Å². The molecule has 112 valence electrons. The Balaban J connectivity index is 1.58. The number of likely N-dealkylation sites (tertiary alicyclic amines) is 1. The lowest BCUT2D eigenvalue weighted by Crippen LogP contribution is -2.36. The molecule has 1 atom stereocenters. The average molecular weight is 304 g/mol. The molecule has 0 radical (unpaired) electrons. The van der Waals surface area contributed by atoms with Gasteiger partial charge in [-0.15, -0.1) is 11.6 Å². The van der Waals surface area contributed by atoms with Crippen LogP contribution in [0.5, 0.6) is 5.75 Å². The fourth-order valence-corrected chi connectivity index (χ4v) is 3.23. The highest BCUT2D eigenvalue weighted by atomic mass is 35.5. The molecule has 0 spiro atoms. The second-order valence-corrected chi connectivity index (χ2v) is 6.36. The van der Waals surface area contributed by atoms with Gasteiger partial charge < -0.3 is 9.64 Å². The van der Waals surface area contributed by atoms with E-state index in [1.54, 1.807) is 0 Å². The maximum absolute atomic E-state index is 6.45. The molecule has 1 fully saturated rings. The average Bonchev–Trinajstić information content (AvgIpc) is 2.54. The lowest BCUT2D eigenvalue weighted by Gasteiger charge is -2.28. The number of hydrogen-bond donors (Lipinski definition) is 0. The van der Waals surface area contributed by atoms with Crippen LogP contribution in [-0.4, -0.2) is 36.5 Å². The summed E-state index contributed by atoms with van der Waals surface area (Å²) in [4.78, 5) is 2.45. The van der Waals surface area contributed by atoms with Crippen molar-refractivity contribution in [3.05, 3.63) is 42.5 Å². The van der Waals surface area contributed by atoms with Crippen molar-refractivity contribution in [2.45, 2.75) is 24.6 Å². The highest BCUT2D eigenvalue weighted by molar-refractivity contribution is 6.20. The molecule has 0 amide bonds. The fourth-order valence-electron chi connectivity index (χ4n) is 2.98. The molecule has 1 heterocycles. The molecule has 0 N–H and O–H groups in total. The zero-order valence-electron chi connectivity index (χ0n) is 12.3. The molecule has 3 heteroatoms. The van der Waals surface area contributed by atoms with E-state index in [1.165, 1.54) is 37.7 Å². The third-order valence-corrected chi connectivity index (χ3v) is 4.34. The Hall–Kier alpha value is -1.25. The summed E-state index contributed by atoms with van der Waals surface area (Å²) in [7, 11) is 0. The third kappa shape index (κ3) is 3.90. The SMILES string of the molecule is ClC(COc1cccc2ccccc12)CN1CCCCC1. The molecule has 2 nitrogen and oxygen atoms in total. The maximum atomic E-state index is 6.45. The highest BCUT2D eigenvalue weighted by Crippen LogP contribution is 2.25. The molecule has 2 aromatic rings.